The Labute approximate surface area is 155 Å². The zero-order valence-corrected chi connectivity index (χ0v) is 17.1. The van der Waals surface area contributed by atoms with E-state index in [-0.39, 0.29) is 0 Å². The fourth-order valence-corrected chi connectivity index (χ4v) is 5.38. The minimum Gasteiger partial charge on any atom is -0.355 e. The first-order valence-electron chi connectivity index (χ1n) is 8.58. The molecule has 2 rings (SSSR count). The van der Waals surface area contributed by atoms with Crippen LogP contribution in [0.15, 0.2) is 21.3 Å². The molecule has 0 aromatic carbocycles. The Morgan fingerprint density at radius 2 is 2.16 bits per heavy atom. The SMILES string of the molecule is CCN1CCCC1CNC(=NC)NCc1ccc(S(=O)(=O)N(C)C)s1. The summed E-state index contributed by atoms with van der Waals surface area (Å²) in [4.78, 5) is 7.69. The lowest BCUT2D eigenvalue weighted by Gasteiger charge is -2.23. The number of rotatable bonds is 7. The molecule has 1 aliphatic rings. The zero-order chi connectivity index (χ0) is 18.4. The fourth-order valence-electron chi connectivity index (χ4n) is 2.92. The molecule has 0 radical (unpaired) electrons. The van der Waals surface area contributed by atoms with Crippen LogP contribution in [0.3, 0.4) is 0 Å². The molecule has 0 saturated carbocycles. The van der Waals surface area contributed by atoms with Gasteiger partial charge in [-0.2, -0.15) is 0 Å². The van der Waals surface area contributed by atoms with Crippen LogP contribution < -0.4 is 10.6 Å². The standard InChI is InChI=1S/C16H29N5O2S2/c1-5-21-10-6-7-13(21)11-18-16(17-2)19-12-14-8-9-15(24-14)25(22,23)20(3)4/h8-9,13H,5-7,10-12H2,1-4H3,(H2,17,18,19). The van der Waals surface area contributed by atoms with Crippen LogP contribution in [0.5, 0.6) is 0 Å². The van der Waals surface area contributed by atoms with Crippen molar-refractivity contribution in [2.75, 3.05) is 40.8 Å². The third-order valence-electron chi connectivity index (χ3n) is 4.44. The number of nitrogens with one attached hydrogen (secondary N) is 2. The van der Waals surface area contributed by atoms with Gasteiger partial charge in [0.15, 0.2) is 5.96 Å². The number of thiophene rings is 1. The van der Waals surface area contributed by atoms with E-state index >= 15 is 0 Å². The minimum absolute atomic E-state index is 0.363. The molecule has 1 aromatic heterocycles. The molecule has 1 aromatic rings. The molecule has 1 saturated heterocycles. The zero-order valence-electron chi connectivity index (χ0n) is 15.4. The Balaban J connectivity index is 1.86. The highest BCUT2D eigenvalue weighted by Crippen LogP contribution is 2.23. The molecule has 1 atom stereocenters. The fraction of sp³-hybridized carbons (Fsp3) is 0.688. The highest BCUT2D eigenvalue weighted by molar-refractivity contribution is 7.91. The molecule has 9 heteroatoms. The number of sulfonamides is 1. The molecule has 0 amide bonds. The van der Waals surface area contributed by atoms with Crippen LogP contribution in [0, 0.1) is 0 Å². The maximum Gasteiger partial charge on any atom is 0.252 e. The van der Waals surface area contributed by atoms with Gasteiger partial charge in [-0.25, -0.2) is 12.7 Å². The van der Waals surface area contributed by atoms with E-state index in [0.29, 0.717) is 16.8 Å². The van der Waals surface area contributed by atoms with Crippen LogP contribution >= 0.6 is 11.3 Å². The molecule has 142 valence electrons. The molecule has 1 aliphatic heterocycles. The Morgan fingerprint density at radius 3 is 2.80 bits per heavy atom. The van der Waals surface area contributed by atoms with Crippen LogP contribution in [0.1, 0.15) is 24.6 Å². The maximum atomic E-state index is 12.1. The second kappa shape index (κ2) is 8.98. The minimum atomic E-state index is -3.36. The number of hydrogen-bond acceptors (Lipinski definition) is 5. The average Bonchev–Trinajstić information content (AvgIpc) is 3.23. The van der Waals surface area contributed by atoms with Gasteiger partial charge in [0.2, 0.25) is 0 Å². The largest absolute Gasteiger partial charge is 0.355 e. The summed E-state index contributed by atoms with van der Waals surface area (Å²) in [6, 6.07) is 4.06. The molecule has 25 heavy (non-hydrogen) atoms. The smallest absolute Gasteiger partial charge is 0.252 e. The molecular formula is C16H29N5O2S2. The predicted octanol–water partition coefficient (Wildman–Crippen LogP) is 1.15. The third-order valence-corrected chi connectivity index (χ3v) is 7.80. The summed E-state index contributed by atoms with van der Waals surface area (Å²) in [6.07, 6.45) is 2.47. The van der Waals surface area contributed by atoms with Crippen molar-refractivity contribution >= 4 is 27.3 Å². The van der Waals surface area contributed by atoms with E-state index in [1.807, 2.05) is 6.07 Å². The van der Waals surface area contributed by atoms with Crippen LogP contribution in [0.2, 0.25) is 0 Å². The molecule has 0 bridgehead atoms. The molecule has 7 nitrogen and oxygen atoms in total. The van der Waals surface area contributed by atoms with E-state index in [1.54, 1.807) is 27.2 Å². The highest BCUT2D eigenvalue weighted by atomic mass is 32.2. The summed E-state index contributed by atoms with van der Waals surface area (Å²) in [5.41, 5.74) is 0. The summed E-state index contributed by atoms with van der Waals surface area (Å²) in [5.74, 6) is 0.744. The van der Waals surface area contributed by atoms with E-state index in [0.717, 1.165) is 23.9 Å². The van der Waals surface area contributed by atoms with E-state index in [4.69, 9.17) is 0 Å². The second-order valence-corrected chi connectivity index (χ2v) is 9.79. The number of nitrogens with zero attached hydrogens (tertiary/aromatic N) is 3. The number of likely N-dealkylation sites (tertiary alicyclic amines) is 1. The van der Waals surface area contributed by atoms with Crippen LogP contribution in [0.4, 0.5) is 0 Å². The normalized spacial score (nSPS) is 19.6. The first-order chi connectivity index (χ1) is 11.9. The summed E-state index contributed by atoms with van der Waals surface area (Å²) in [5, 5.41) is 6.64. The summed E-state index contributed by atoms with van der Waals surface area (Å²) in [7, 11) is 1.48. The molecule has 2 heterocycles. The summed E-state index contributed by atoms with van der Waals surface area (Å²) < 4.78 is 25.8. The van der Waals surface area contributed by atoms with Gasteiger partial charge in [0, 0.05) is 38.6 Å². The lowest BCUT2D eigenvalue weighted by Crippen LogP contribution is -2.44. The lowest BCUT2D eigenvalue weighted by atomic mass is 10.2. The van der Waals surface area contributed by atoms with Gasteiger partial charge in [0.05, 0.1) is 6.54 Å². The molecule has 2 N–H and O–H groups in total. The van der Waals surface area contributed by atoms with Crippen molar-refractivity contribution in [2.24, 2.45) is 4.99 Å². The van der Waals surface area contributed by atoms with Gasteiger partial charge in [-0.1, -0.05) is 6.92 Å². The first-order valence-corrected chi connectivity index (χ1v) is 10.8. The van der Waals surface area contributed by atoms with Gasteiger partial charge in [0.1, 0.15) is 4.21 Å². The van der Waals surface area contributed by atoms with Gasteiger partial charge in [0.25, 0.3) is 10.0 Å². The highest BCUT2D eigenvalue weighted by Gasteiger charge is 2.23. The van der Waals surface area contributed by atoms with E-state index in [1.165, 1.54) is 35.0 Å². The molecule has 1 unspecified atom stereocenters. The van der Waals surface area contributed by atoms with Crippen molar-refractivity contribution in [3.8, 4) is 0 Å². The van der Waals surface area contributed by atoms with E-state index in [2.05, 4.69) is 27.4 Å². The Hall–Kier alpha value is -1.16. The van der Waals surface area contributed by atoms with Gasteiger partial charge in [-0.05, 0) is 38.1 Å². The van der Waals surface area contributed by atoms with Crippen molar-refractivity contribution < 1.29 is 8.42 Å². The van der Waals surface area contributed by atoms with Gasteiger partial charge >= 0.3 is 0 Å². The topological polar surface area (TPSA) is 77.0 Å². The van der Waals surface area contributed by atoms with Crippen molar-refractivity contribution in [2.45, 2.75) is 36.6 Å². The maximum absolute atomic E-state index is 12.1. The number of hydrogen-bond donors (Lipinski definition) is 2. The van der Waals surface area contributed by atoms with E-state index in [9.17, 15) is 8.42 Å². The quantitative estimate of drug-likeness (QED) is 0.542. The molecular weight excluding hydrogens is 358 g/mol. The summed E-state index contributed by atoms with van der Waals surface area (Å²) >= 11 is 1.28. The molecule has 0 spiro atoms. The Kier molecular flexibility index (Phi) is 7.24. The Bertz CT molecular complexity index is 684. The predicted molar refractivity (Wildman–Crippen MR) is 104 cm³/mol. The van der Waals surface area contributed by atoms with Crippen LogP contribution in [0.25, 0.3) is 0 Å². The number of guanidine groups is 1. The number of likely N-dealkylation sites (N-methyl/N-ethyl adjacent to an activating group) is 1. The van der Waals surface area contributed by atoms with Gasteiger partial charge < -0.3 is 10.6 Å². The van der Waals surface area contributed by atoms with Crippen molar-refractivity contribution in [3.05, 3.63) is 17.0 Å². The molecule has 1 fully saturated rings. The monoisotopic (exact) mass is 387 g/mol. The number of aliphatic imine (C=N–C) groups is 1. The van der Waals surface area contributed by atoms with Crippen LogP contribution in [-0.4, -0.2) is 70.4 Å². The van der Waals surface area contributed by atoms with Crippen molar-refractivity contribution in [3.63, 3.8) is 0 Å². The van der Waals surface area contributed by atoms with Crippen molar-refractivity contribution in [1.82, 2.24) is 19.8 Å². The second-order valence-electron chi connectivity index (χ2n) is 6.24. The first kappa shape index (κ1) is 20.2. The van der Waals surface area contributed by atoms with Crippen molar-refractivity contribution in [1.29, 1.82) is 0 Å². The Morgan fingerprint density at radius 1 is 1.40 bits per heavy atom. The van der Waals surface area contributed by atoms with Crippen LogP contribution in [-0.2, 0) is 16.6 Å². The van der Waals surface area contributed by atoms with Gasteiger partial charge in [-0.15, -0.1) is 11.3 Å². The molecule has 0 aliphatic carbocycles. The van der Waals surface area contributed by atoms with Gasteiger partial charge in [-0.3, -0.25) is 9.89 Å². The summed E-state index contributed by atoms with van der Waals surface area (Å²) in [6.45, 7) is 5.87. The van der Waals surface area contributed by atoms with E-state index < -0.39 is 10.0 Å². The third kappa shape index (κ3) is 5.16. The lowest BCUT2D eigenvalue weighted by molar-refractivity contribution is 0.267. The average molecular weight is 388 g/mol.